The number of aromatic nitrogens is 2. The Hall–Kier alpha value is -0.920. The molecule has 0 spiro atoms. The second-order valence-electron chi connectivity index (χ2n) is 2.97. The van der Waals surface area contributed by atoms with Crippen LogP contribution in [0.5, 0.6) is 0 Å². The van der Waals surface area contributed by atoms with Crippen LogP contribution in [-0.4, -0.2) is 43.3 Å². The van der Waals surface area contributed by atoms with Gasteiger partial charge in [-0.3, -0.25) is 0 Å². The van der Waals surface area contributed by atoms with Crippen LogP contribution < -0.4 is 4.72 Å². The molecule has 0 atom stereocenters. The van der Waals surface area contributed by atoms with E-state index in [-0.39, 0.29) is 0 Å². The Balaban J connectivity index is 2.36. The van der Waals surface area contributed by atoms with E-state index < -0.39 is 10.2 Å². The molecule has 1 heterocycles. The van der Waals surface area contributed by atoms with Gasteiger partial charge >= 0.3 is 0 Å². The molecular formula is C7H14N4O2S. The lowest BCUT2D eigenvalue weighted by atomic mass is 10.4. The zero-order valence-electron chi connectivity index (χ0n) is 8.19. The van der Waals surface area contributed by atoms with Crippen molar-refractivity contribution < 1.29 is 8.42 Å². The average molecular weight is 218 g/mol. The Morgan fingerprint density at radius 3 is 2.79 bits per heavy atom. The van der Waals surface area contributed by atoms with E-state index in [4.69, 9.17) is 0 Å². The third-order valence-electron chi connectivity index (χ3n) is 1.68. The Kier molecular flexibility index (Phi) is 3.62. The monoisotopic (exact) mass is 218 g/mol. The van der Waals surface area contributed by atoms with Crippen LogP contribution >= 0.6 is 0 Å². The summed E-state index contributed by atoms with van der Waals surface area (Å²) in [4.78, 5) is 6.87. The minimum atomic E-state index is -3.31. The molecule has 7 heteroatoms. The first-order chi connectivity index (χ1) is 6.52. The molecule has 0 aliphatic carbocycles. The van der Waals surface area contributed by atoms with Crippen molar-refractivity contribution in [3.63, 3.8) is 0 Å². The maximum atomic E-state index is 11.2. The van der Waals surface area contributed by atoms with Crippen LogP contribution in [0.1, 0.15) is 5.82 Å². The maximum absolute atomic E-state index is 11.2. The summed E-state index contributed by atoms with van der Waals surface area (Å²) < 4.78 is 26.1. The smallest absolute Gasteiger partial charge is 0.278 e. The second-order valence-corrected chi connectivity index (χ2v) is 4.94. The van der Waals surface area contributed by atoms with E-state index in [0.29, 0.717) is 13.0 Å². The molecule has 0 saturated heterocycles. The molecule has 1 rings (SSSR count). The van der Waals surface area contributed by atoms with Gasteiger partial charge in [-0.25, -0.2) is 9.71 Å². The van der Waals surface area contributed by atoms with Gasteiger partial charge in [0.05, 0.1) is 0 Å². The molecule has 0 amide bonds. The van der Waals surface area contributed by atoms with Gasteiger partial charge in [-0.1, -0.05) is 0 Å². The summed E-state index contributed by atoms with van der Waals surface area (Å²) in [6, 6.07) is 0. The molecule has 1 aromatic heterocycles. The Labute approximate surface area is 83.5 Å². The fourth-order valence-corrected chi connectivity index (χ4v) is 1.48. The van der Waals surface area contributed by atoms with Crippen LogP contribution in [0.3, 0.4) is 0 Å². The van der Waals surface area contributed by atoms with Gasteiger partial charge in [0, 0.05) is 39.5 Å². The summed E-state index contributed by atoms with van der Waals surface area (Å²) in [5.41, 5.74) is 0. The fourth-order valence-electron chi connectivity index (χ4n) is 0.862. The predicted octanol–water partition coefficient (Wildman–Crippen LogP) is -0.652. The number of imidazole rings is 1. The SMILES string of the molecule is CN(C)S(=O)(=O)NCCc1ncc[nH]1. The van der Waals surface area contributed by atoms with E-state index in [9.17, 15) is 8.42 Å². The first-order valence-electron chi connectivity index (χ1n) is 4.18. The number of nitrogens with one attached hydrogen (secondary N) is 2. The van der Waals surface area contributed by atoms with Crippen molar-refractivity contribution >= 4 is 10.2 Å². The third-order valence-corrected chi connectivity index (χ3v) is 3.21. The standard InChI is InChI=1S/C7H14N4O2S/c1-11(2)14(12,13)10-4-3-7-8-5-6-9-7/h5-6,10H,3-4H2,1-2H3,(H,8,9). The molecule has 0 saturated carbocycles. The normalized spacial score (nSPS) is 12.2. The van der Waals surface area contributed by atoms with Gasteiger partial charge in [0.2, 0.25) is 0 Å². The molecule has 2 N–H and O–H groups in total. The zero-order chi connectivity index (χ0) is 10.6. The van der Waals surface area contributed by atoms with Gasteiger partial charge < -0.3 is 4.98 Å². The van der Waals surface area contributed by atoms with Gasteiger partial charge in [-0.05, 0) is 0 Å². The fraction of sp³-hybridized carbons (Fsp3) is 0.571. The quantitative estimate of drug-likeness (QED) is 0.689. The molecule has 14 heavy (non-hydrogen) atoms. The van der Waals surface area contributed by atoms with Gasteiger partial charge in [0.25, 0.3) is 10.2 Å². The molecule has 0 radical (unpaired) electrons. The lowest BCUT2D eigenvalue weighted by molar-refractivity contribution is 0.505. The van der Waals surface area contributed by atoms with Gasteiger partial charge in [-0.15, -0.1) is 0 Å². The van der Waals surface area contributed by atoms with Crippen LogP contribution in [0.25, 0.3) is 0 Å². The van der Waals surface area contributed by atoms with Crippen LogP contribution in [0.4, 0.5) is 0 Å². The second kappa shape index (κ2) is 4.54. The zero-order valence-corrected chi connectivity index (χ0v) is 9.00. The predicted molar refractivity (Wildman–Crippen MR) is 52.9 cm³/mol. The number of hydrogen-bond acceptors (Lipinski definition) is 3. The lowest BCUT2D eigenvalue weighted by Gasteiger charge is -2.11. The van der Waals surface area contributed by atoms with E-state index >= 15 is 0 Å². The summed E-state index contributed by atoms with van der Waals surface area (Å²) in [7, 11) is -0.347. The van der Waals surface area contributed by atoms with Crippen molar-refractivity contribution in [1.82, 2.24) is 19.0 Å². The number of nitrogens with zero attached hydrogens (tertiary/aromatic N) is 2. The summed E-state index contributed by atoms with van der Waals surface area (Å²) in [6.07, 6.45) is 3.89. The van der Waals surface area contributed by atoms with Crippen molar-refractivity contribution in [2.24, 2.45) is 0 Å². The van der Waals surface area contributed by atoms with E-state index in [1.54, 1.807) is 12.4 Å². The molecule has 0 bridgehead atoms. The number of aromatic amines is 1. The molecule has 0 fully saturated rings. The van der Waals surface area contributed by atoms with E-state index in [1.165, 1.54) is 14.1 Å². The Morgan fingerprint density at radius 1 is 1.57 bits per heavy atom. The van der Waals surface area contributed by atoms with E-state index in [1.807, 2.05) is 0 Å². The minimum absolute atomic E-state index is 0.341. The van der Waals surface area contributed by atoms with E-state index in [0.717, 1.165) is 10.1 Å². The van der Waals surface area contributed by atoms with Crippen molar-refractivity contribution in [2.75, 3.05) is 20.6 Å². The van der Waals surface area contributed by atoms with Crippen molar-refractivity contribution in [2.45, 2.75) is 6.42 Å². The van der Waals surface area contributed by atoms with Crippen molar-refractivity contribution in [3.05, 3.63) is 18.2 Å². The number of hydrogen-bond donors (Lipinski definition) is 2. The summed E-state index contributed by atoms with van der Waals surface area (Å²) in [5, 5.41) is 0. The molecule has 1 aromatic rings. The molecule has 0 unspecified atom stereocenters. The topological polar surface area (TPSA) is 78.1 Å². The van der Waals surface area contributed by atoms with Crippen molar-refractivity contribution in [1.29, 1.82) is 0 Å². The molecule has 0 aliphatic heterocycles. The molecular weight excluding hydrogens is 204 g/mol. The first-order valence-corrected chi connectivity index (χ1v) is 5.62. The highest BCUT2D eigenvalue weighted by Gasteiger charge is 2.11. The highest BCUT2D eigenvalue weighted by Crippen LogP contribution is 1.91. The molecule has 0 aromatic carbocycles. The first kappa shape index (κ1) is 11.2. The lowest BCUT2D eigenvalue weighted by Crippen LogP contribution is -2.36. The van der Waals surface area contributed by atoms with Crippen LogP contribution in [0.15, 0.2) is 12.4 Å². The largest absolute Gasteiger partial charge is 0.349 e. The van der Waals surface area contributed by atoms with E-state index in [2.05, 4.69) is 14.7 Å². The highest BCUT2D eigenvalue weighted by molar-refractivity contribution is 7.87. The molecule has 80 valence electrons. The van der Waals surface area contributed by atoms with Crippen LogP contribution in [-0.2, 0) is 16.6 Å². The summed E-state index contributed by atoms with van der Waals surface area (Å²) in [6.45, 7) is 0.341. The van der Waals surface area contributed by atoms with Gasteiger partial charge in [0.15, 0.2) is 0 Å². The highest BCUT2D eigenvalue weighted by atomic mass is 32.2. The summed E-state index contributed by atoms with van der Waals surface area (Å²) >= 11 is 0. The van der Waals surface area contributed by atoms with Crippen LogP contribution in [0, 0.1) is 0 Å². The Morgan fingerprint density at radius 2 is 2.29 bits per heavy atom. The third kappa shape index (κ3) is 3.09. The number of H-pyrrole nitrogens is 1. The van der Waals surface area contributed by atoms with Crippen molar-refractivity contribution in [3.8, 4) is 0 Å². The average Bonchev–Trinajstić information content (AvgIpc) is 2.56. The molecule has 6 nitrogen and oxygen atoms in total. The number of rotatable bonds is 5. The molecule has 0 aliphatic rings. The van der Waals surface area contributed by atoms with Gasteiger partial charge in [-0.2, -0.15) is 12.7 Å². The maximum Gasteiger partial charge on any atom is 0.278 e. The van der Waals surface area contributed by atoms with Gasteiger partial charge in [0.1, 0.15) is 5.82 Å². The summed E-state index contributed by atoms with van der Waals surface area (Å²) in [5.74, 6) is 0.770. The van der Waals surface area contributed by atoms with Crippen LogP contribution in [0.2, 0.25) is 0 Å². The Bertz CT molecular complexity index is 357. The minimum Gasteiger partial charge on any atom is -0.349 e.